The molecule has 0 spiro atoms. The van der Waals surface area contributed by atoms with Gasteiger partial charge in [-0.3, -0.25) is 0 Å². The minimum Gasteiger partial charge on any atom is -0.318 e. The van der Waals surface area contributed by atoms with Crippen LogP contribution in [0.3, 0.4) is 0 Å². The van der Waals surface area contributed by atoms with Gasteiger partial charge in [0, 0.05) is 12.6 Å². The summed E-state index contributed by atoms with van der Waals surface area (Å²) in [5.74, 6) is 0.722. The molecule has 0 aliphatic heterocycles. The zero-order chi connectivity index (χ0) is 11.7. The highest BCUT2D eigenvalue weighted by molar-refractivity contribution is 6.30. The van der Waals surface area contributed by atoms with Crippen LogP contribution in [0.15, 0.2) is 24.3 Å². The topological polar surface area (TPSA) is 41.6 Å². The Morgan fingerprint density at radius 2 is 2.06 bits per heavy atom. The number of aryl methyl sites for hydroxylation is 1. The van der Waals surface area contributed by atoms with Gasteiger partial charge >= 0.3 is 0 Å². The van der Waals surface area contributed by atoms with E-state index in [2.05, 4.69) is 4.98 Å². The molecular weight excluding hydrogens is 222 g/mol. The van der Waals surface area contributed by atoms with E-state index < -0.39 is 0 Å². The summed E-state index contributed by atoms with van der Waals surface area (Å²) >= 11 is 5.90. The lowest BCUT2D eigenvalue weighted by Gasteiger charge is -2.05. The van der Waals surface area contributed by atoms with Gasteiger partial charge in [0.15, 0.2) is 10.8 Å². The first-order valence-corrected chi connectivity index (χ1v) is 5.21. The fraction of sp³-hybridized carbons (Fsp3) is 0.167. The summed E-state index contributed by atoms with van der Waals surface area (Å²) < 4.78 is 1.71. The van der Waals surface area contributed by atoms with E-state index in [-0.39, 0.29) is 5.15 Å². The molecule has 1 aromatic heterocycles. The average molecular weight is 232 g/mol. The first-order valence-electron chi connectivity index (χ1n) is 4.83. The quantitative estimate of drug-likeness (QED) is 0.757. The maximum atomic E-state index is 8.93. The summed E-state index contributed by atoms with van der Waals surface area (Å²) in [5.41, 5.74) is 2.49. The number of aromatic nitrogens is 2. The number of nitrogens with zero attached hydrogens (tertiary/aromatic N) is 3. The van der Waals surface area contributed by atoms with Crippen LogP contribution >= 0.6 is 11.6 Å². The van der Waals surface area contributed by atoms with Gasteiger partial charge in [0.2, 0.25) is 0 Å². The summed E-state index contributed by atoms with van der Waals surface area (Å²) in [4.78, 5) is 4.22. The molecule has 2 aromatic rings. The maximum Gasteiger partial charge on any atom is 0.166 e. The second kappa shape index (κ2) is 3.99. The van der Waals surface area contributed by atoms with Crippen LogP contribution in [0.5, 0.6) is 0 Å². The second-order valence-corrected chi connectivity index (χ2v) is 3.92. The molecular formula is C12H10ClN3. The van der Waals surface area contributed by atoms with Gasteiger partial charge in [0.05, 0.1) is 0 Å². The van der Waals surface area contributed by atoms with Crippen molar-refractivity contribution in [3.8, 4) is 17.5 Å². The van der Waals surface area contributed by atoms with Crippen LogP contribution in [0.1, 0.15) is 11.3 Å². The molecule has 0 saturated carbocycles. The predicted molar refractivity (Wildman–Crippen MR) is 63.1 cm³/mol. The molecule has 1 heterocycles. The normalized spacial score (nSPS) is 10.1. The van der Waals surface area contributed by atoms with Crippen molar-refractivity contribution in [2.45, 2.75) is 6.92 Å². The Hall–Kier alpha value is -1.79. The van der Waals surface area contributed by atoms with E-state index in [1.165, 1.54) is 0 Å². The second-order valence-electron chi connectivity index (χ2n) is 3.56. The average Bonchev–Trinajstić information content (AvgIpc) is 2.55. The van der Waals surface area contributed by atoms with Gasteiger partial charge in [-0.05, 0) is 12.5 Å². The third kappa shape index (κ3) is 1.58. The number of benzene rings is 1. The van der Waals surface area contributed by atoms with Crippen LogP contribution in [-0.2, 0) is 7.05 Å². The van der Waals surface area contributed by atoms with E-state index in [9.17, 15) is 0 Å². The molecule has 1 aromatic carbocycles. The SMILES string of the molecule is Cc1ccccc1-c1nc(Cl)c(C#N)n1C. The van der Waals surface area contributed by atoms with Crippen molar-refractivity contribution in [1.82, 2.24) is 9.55 Å². The van der Waals surface area contributed by atoms with Crippen molar-refractivity contribution in [3.05, 3.63) is 40.7 Å². The number of hydrogen-bond acceptors (Lipinski definition) is 2. The number of hydrogen-bond donors (Lipinski definition) is 0. The molecule has 2 rings (SSSR count). The summed E-state index contributed by atoms with van der Waals surface area (Å²) in [6.07, 6.45) is 0. The van der Waals surface area contributed by atoms with Crippen LogP contribution in [0, 0.1) is 18.3 Å². The Morgan fingerprint density at radius 1 is 1.38 bits per heavy atom. The molecule has 0 atom stereocenters. The molecule has 3 nitrogen and oxygen atoms in total. The van der Waals surface area contributed by atoms with E-state index in [1.54, 1.807) is 11.6 Å². The summed E-state index contributed by atoms with van der Waals surface area (Å²) in [7, 11) is 1.79. The van der Waals surface area contributed by atoms with Crippen LogP contribution in [0.25, 0.3) is 11.4 Å². The first-order chi connectivity index (χ1) is 7.65. The van der Waals surface area contributed by atoms with Gasteiger partial charge in [0.1, 0.15) is 11.9 Å². The van der Waals surface area contributed by atoms with Crippen molar-refractivity contribution < 1.29 is 0 Å². The molecule has 16 heavy (non-hydrogen) atoms. The zero-order valence-electron chi connectivity index (χ0n) is 9.03. The molecule has 0 radical (unpaired) electrons. The summed E-state index contributed by atoms with van der Waals surface area (Å²) in [6.45, 7) is 2.00. The van der Waals surface area contributed by atoms with Crippen LogP contribution in [0.2, 0.25) is 5.15 Å². The number of rotatable bonds is 1. The molecule has 0 aliphatic rings. The standard InChI is InChI=1S/C12H10ClN3/c1-8-5-3-4-6-9(8)12-15-11(13)10(7-14)16(12)2/h3-6H,1-2H3. The Bertz CT molecular complexity index is 578. The number of halogens is 1. The summed E-state index contributed by atoms with van der Waals surface area (Å²) in [6, 6.07) is 9.92. The maximum absolute atomic E-state index is 8.93. The van der Waals surface area contributed by atoms with Crippen LogP contribution in [0.4, 0.5) is 0 Å². The minimum atomic E-state index is 0.253. The van der Waals surface area contributed by atoms with E-state index in [0.29, 0.717) is 5.69 Å². The van der Waals surface area contributed by atoms with Crippen LogP contribution in [-0.4, -0.2) is 9.55 Å². The molecule has 80 valence electrons. The fourth-order valence-electron chi connectivity index (χ4n) is 1.65. The molecule has 0 unspecified atom stereocenters. The molecule has 0 fully saturated rings. The van der Waals surface area contributed by atoms with Gasteiger partial charge < -0.3 is 4.57 Å². The number of imidazole rings is 1. The fourth-order valence-corrected chi connectivity index (χ4v) is 1.90. The van der Waals surface area contributed by atoms with E-state index in [1.807, 2.05) is 37.3 Å². The van der Waals surface area contributed by atoms with Crippen molar-refractivity contribution >= 4 is 11.6 Å². The lowest BCUT2D eigenvalue weighted by atomic mass is 10.1. The third-order valence-corrected chi connectivity index (χ3v) is 2.81. The molecule has 0 aliphatic carbocycles. The van der Waals surface area contributed by atoms with Gasteiger partial charge in [-0.25, -0.2) is 4.98 Å². The van der Waals surface area contributed by atoms with Gasteiger partial charge in [-0.1, -0.05) is 35.9 Å². The highest BCUT2D eigenvalue weighted by Crippen LogP contribution is 2.26. The Kier molecular flexibility index (Phi) is 2.67. The van der Waals surface area contributed by atoms with Gasteiger partial charge in [-0.15, -0.1) is 0 Å². The third-order valence-electron chi connectivity index (χ3n) is 2.54. The van der Waals surface area contributed by atoms with Gasteiger partial charge in [-0.2, -0.15) is 5.26 Å². The van der Waals surface area contributed by atoms with Crippen molar-refractivity contribution in [2.75, 3.05) is 0 Å². The Labute approximate surface area is 98.9 Å². The predicted octanol–water partition coefficient (Wildman–Crippen LogP) is 2.92. The molecule has 0 saturated heterocycles. The Morgan fingerprint density at radius 3 is 2.62 bits per heavy atom. The molecule has 0 N–H and O–H groups in total. The monoisotopic (exact) mass is 231 g/mol. The van der Waals surface area contributed by atoms with Crippen molar-refractivity contribution in [1.29, 1.82) is 5.26 Å². The molecule has 4 heteroatoms. The summed E-state index contributed by atoms with van der Waals surface area (Å²) in [5, 5.41) is 9.19. The molecule has 0 bridgehead atoms. The zero-order valence-corrected chi connectivity index (χ0v) is 9.78. The van der Waals surface area contributed by atoms with Gasteiger partial charge in [0.25, 0.3) is 0 Å². The van der Waals surface area contributed by atoms with Crippen molar-refractivity contribution in [2.24, 2.45) is 7.05 Å². The van der Waals surface area contributed by atoms with Crippen molar-refractivity contribution in [3.63, 3.8) is 0 Å². The van der Waals surface area contributed by atoms with Crippen LogP contribution < -0.4 is 0 Å². The number of nitriles is 1. The minimum absolute atomic E-state index is 0.253. The highest BCUT2D eigenvalue weighted by Gasteiger charge is 2.14. The van der Waals surface area contributed by atoms with E-state index in [0.717, 1.165) is 17.0 Å². The lowest BCUT2D eigenvalue weighted by molar-refractivity contribution is 0.906. The Balaban J connectivity index is 2.68. The largest absolute Gasteiger partial charge is 0.318 e. The smallest absolute Gasteiger partial charge is 0.166 e. The first kappa shape index (κ1) is 10.7. The van der Waals surface area contributed by atoms with E-state index >= 15 is 0 Å². The lowest BCUT2D eigenvalue weighted by Crippen LogP contribution is -1.96. The van der Waals surface area contributed by atoms with E-state index in [4.69, 9.17) is 16.9 Å². The molecule has 0 amide bonds. The highest BCUT2D eigenvalue weighted by atomic mass is 35.5.